The van der Waals surface area contributed by atoms with Gasteiger partial charge in [-0.3, -0.25) is 9.69 Å². The van der Waals surface area contributed by atoms with Gasteiger partial charge in [0.05, 0.1) is 10.2 Å². The molecule has 1 atom stereocenters. The van der Waals surface area contributed by atoms with Gasteiger partial charge in [0.2, 0.25) is 6.10 Å². The number of thiazole rings is 1. The van der Waals surface area contributed by atoms with Crippen molar-refractivity contribution in [3.05, 3.63) is 48.0 Å². The predicted molar refractivity (Wildman–Crippen MR) is 121 cm³/mol. The molecule has 0 spiro atoms. The van der Waals surface area contributed by atoms with Crippen molar-refractivity contribution >= 4 is 32.6 Å². The molecule has 0 saturated heterocycles. The zero-order chi connectivity index (χ0) is 21.1. The van der Waals surface area contributed by atoms with Gasteiger partial charge in [-0.25, -0.2) is 4.98 Å². The molecule has 2 heterocycles. The third-order valence-electron chi connectivity index (χ3n) is 5.12. The van der Waals surface area contributed by atoms with Crippen molar-refractivity contribution in [2.24, 2.45) is 0 Å². The van der Waals surface area contributed by atoms with Gasteiger partial charge in [-0.05, 0) is 63.3 Å². The zero-order valence-corrected chi connectivity index (χ0v) is 18.4. The Hall–Kier alpha value is -2.64. The van der Waals surface area contributed by atoms with E-state index in [4.69, 9.17) is 14.5 Å². The fourth-order valence-electron chi connectivity index (χ4n) is 3.45. The quantitative estimate of drug-likeness (QED) is 0.573. The van der Waals surface area contributed by atoms with Gasteiger partial charge in [0.1, 0.15) is 6.61 Å². The van der Waals surface area contributed by atoms with E-state index in [-0.39, 0.29) is 12.5 Å². The standard InChI is InChI=1S/C23H27N3O3S/c1-4-16-10-11-17-21(14-16)30-23(24-17)26(13-7-12-25(2)3)22(27)20-15-28-18-8-5-6-9-19(18)29-20/h5-6,8-11,14,20H,4,7,12-13,15H2,1-3H3/t20-/m1/s1. The van der Waals surface area contributed by atoms with Crippen molar-refractivity contribution in [1.82, 2.24) is 9.88 Å². The number of anilines is 1. The summed E-state index contributed by atoms with van der Waals surface area (Å²) in [5.74, 6) is 1.16. The van der Waals surface area contributed by atoms with E-state index in [2.05, 4.69) is 24.0 Å². The minimum atomic E-state index is -0.683. The molecule has 158 valence electrons. The number of hydrogen-bond donors (Lipinski definition) is 0. The van der Waals surface area contributed by atoms with E-state index in [0.717, 1.165) is 29.6 Å². The Morgan fingerprint density at radius 3 is 2.73 bits per heavy atom. The molecule has 3 aromatic rings. The Kier molecular flexibility index (Phi) is 6.20. The lowest BCUT2D eigenvalue weighted by Crippen LogP contribution is -2.47. The van der Waals surface area contributed by atoms with Crippen LogP contribution in [-0.2, 0) is 11.2 Å². The van der Waals surface area contributed by atoms with Crippen molar-refractivity contribution in [1.29, 1.82) is 0 Å². The number of ether oxygens (including phenoxy) is 2. The molecule has 7 heteroatoms. The first kappa shape index (κ1) is 20.6. The smallest absolute Gasteiger partial charge is 0.273 e. The topological polar surface area (TPSA) is 54.9 Å². The Balaban J connectivity index is 1.60. The van der Waals surface area contributed by atoms with Crippen LogP contribution in [0.1, 0.15) is 18.9 Å². The minimum absolute atomic E-state index is 0.113. The van der Waals surface area contributed by atoms with Gasteiger partial charge < -0.3 is 14.4 Å². The van der Waals surface area contributed by atoms with Gasteiger partial charge in [0.25, 0.3) is 5.91 Å². The Morgan fingerprint density at radius 1 is 1.17 bits per heavy atom. The number of carbonyl (C=O) groups excluding carboxylic acids is 1. The first-order valence-corrected chi connectivity index (χ1v) is 11.1. The number of aryl methyl sites for hydroxylation is 1. The number of carbonyl (C=O) groups is 1. The molecule has 1 aromatic heterocycles. The monoisotopic (exact) mass is 425 g/mol. The molecule has 30 heavy (non-hydrogen) atoms. The maximum absolute atomic E-state index is 13.5. The van der Waals surface area contributed by atoms with Crippen LogP contribution in [0.5, 0.6) is 11.5 Å². The van der Waals surface area contributed by atoms with Gasteiger partial charge in [0.15, 0.2) is 16.6 Å². The molecule has 0 N–H and O–H groups in total. The molecule has 1 amide bonds. The van der Waals surface area contributed by atoms with E-state index in [9.17, 15) is 4.79 Å². The number of hydrogen-bond acceptors (Lipinski definition) is 6. The fraction of sp³-hybridized carbons (Fsp3) is 0.391. The minimum Gasteiger partial charge on any atom is -0.485 e. The summed E-state index contributed by atoms with van der Waals surface area (Å²) in [6.07, 6.45) is 1.14. The van der Waals surface area contributed by atoms with Gasteiger partial charge in [-0.2, -0.15) is 0 Å². The van der Waals surface area contributed by atoms with Gasteiger partial charge in [-0.15, -0.1) is 0 Å². The summed E-state index contributed by atoms with van der Waals surface area (Å²) in [5, 5.41) is 0.712. The molecule has 1 aliphatic heterocycles. The van der Waals surface area contributed by atoms with Crippen LogP contribution in [0.25, 0.3) is 10.2 Å². The molecule has 0 saturated carbocycles. The highest BCUT2D eigenvalue weighted by molar-refractivity contribution is 7.22. The highest BCUT2D eigenvalue weighted by atomic mass is 32.1. The first-order valence-electron chi connectivity index (χ1n) is 10.3. The number of aromatic nitrogens is 1. The summed E-state index contributed by atoms with van der Waals surface area (Å²) < 4.78 is 12.9. The van der Waals surface area contributed by atoms with Crippen molar-refractivity contribution in [2.45, 2.75) is 25.9 Å². The normalized spacial score (nSPS) is 15.5. The van der Waals surface area contributed by atoms with E-state index in [1.54, 1.807) is 16.2 Å². The second-order valence-electron chi connectivity index (χ2n) is 7.66. The summed E-state index contributed by atoms with van der Waals surface area (Å²) in [4.78, 5) is 22.1. The number of para-hydroxylation sites is 2. The Labute approximate surface area is 181 Å². The second kappa shape index (κ2) is 9.02. The van der Waals surface area contributed by atoms with Crippen LogP contribution in [0.4, 0.5) is 5.13 Å². The molecule has 0 fully saturated rings. The molecule has 0 aliphatic carbocycles. The molecule has 6 nitrogen and oxygen atoms in total. The summed E-state index contributed by atoms with van der Waals surface area (Å²) in [7, 11) is 4.07. The van der Waals surface area contributed by atoms with E-state index < -0.39 is 6.10 Å². The lowest BCUT2D eigenvalue weighted by atomic mass is 10.2. The predicted octanol–water partition coefficient (Wildman–Crippen LogP) is 3.98. The number of fused-ring (bicyclic) bond motifs is 2. The molecular weight excluding hydrogens is 398 g/mol. The molecule has 4 rings (SSSR count). The van der Waals surface area contributed by atoms with Crippen LogP contribution in [0.15, 0.2) is 42.5 Å². The molecule has 0 unspecified atom stereocenters. The summed E-state index contributed by atoms with van der Waals surface area (Å²) in [5.41, 5.74) is 2.19. The Bertz CT molecular complexity index is 1030. The van der Waals surface area contributed by atoms with E-state index in [1.165, 1.54) is 5.56 Å². The van der Waals surface area contributed by atoms with Gasteiger partial charge in [-0.1, -0.05) is 36.5 Å². The third-order valence-corrected chi connectivity index (χ3v) is 6.16. The second-order valence-corrected chi connectivity index (χ2v) is 8.67. The average molecular weight is 426 g/mol. The van der Waals surface area contributed by atoms with Crippen LogP contribution in [-0.4, -0.2) is 55.7 Å². The molecular formula is C23H27N3O3S. The third kappa shape index (κ3) is 4.42. The first-order chi connectivity index (χ1) is 14.5. The summed E-state index contributed by atoms with van der Waals surface area (Å²) in [6.45, 7) is 3.81. The van der Waals surface area contributed by atoms with Crippen molar-refractivity contribution < 1.29 is 14.3 Å². The van der Waals surface area contributed by atoms with Crippen LogP contribution in [0.2, 0.25) is 0 Å². The van der Waals surface area contributed by atoms with Crippen LogP contribution < -0.4 is 14.4 Å². The van der Waals surface area contributed by atoms with Crippen molar-refractivity contribution in [3.8, 4) is 11.5 Å². The highest BCUT2D eigenvalue weighted by Gasteiger charge is 2.33. The molecule has 0 bridgehead atoms. The van der Waals surface area contributed by atoms with Crippen LogP contribution in [0.3, 0.4) is 0 Å². The zero-order valence-electron chi connectivity index (χ0n) is 17.6. The number of rotatable bonds is 7. The fourth-order valence-corrected chi connectivity index (χ4v) is 4.51. The van der Waals surface area contributed by atoms with E-state index >= 15 is 0 Å². The van der Waals surface area contributed by atoms with Gasteiger partial charge in [0, 0.05) is 6.54 Å². The highest BCUT2D eigenvalue weighted by Crippen LogP contribution is 2.34. The van der Waals surface area contributed by atoms with Gasteiger partial charge >= 0.3 is 0 Å². The maximum Gasteiger partial charge on any atom is 0.273 e. The lowest BCUT2D eigenvalue weighted by molar-refractivity contribution is -0.127. The molecule has 2 aromatic carbocycles. The van der Waals surface area contributed by atoms with E-state index in [1.807, 2.05) is 44.4 Å². The van der Waals surface area contributed by atoms with Crippen LogP contribution >= 0.6 is 11.3 Å². The van der Waals surface area contributed by atoms with E-state index in [0.29, 0.717) is 23.2 Å². The molecule has 1 aliphatic rings. The summed E-state index contributed by atoms with van der Waals surface area (Å²) in [6, 6.07) is 13.7. The largest absolute Gasteiger partial charge is 0.485 e. The average Bonchev–Trinajstić information content (AvgIpc) is 3.18. The maximum atomic E-state index is 13.5. The van der Waals surface area contributed by atoms with Crippen LogP contribution in [0, 0.1) is 0 Å². The van der Waals surface area contributed by atoms with Crippen molar-refractivity contribution in [2.75, 3.05) is 38.7 Å². The van der Waals surface area contributed by atoms with Crippen molar-refractivity contribution in [3.63, 3.8) is 0 Å². The Morgan fingerprint density at radius 2 is 1.97 bits per heavy atom. The summed E-state index contributed by atoms with van der Waals surface area (Å²) >= 11 is 1.56. The lowest BCUT2D eigenvalue weighted by Gasteiger charge is -2.29. The SMILES string of the molecule is CCc1ccc2nc(N(CCCN(C)C)C(=O)[C@H]3COc4ccccc4O3)sc2c1. The number of nitrogens with zero attached hydrogens (tertiary/aromatic N) is 3. The number of benzene rings is 2. The molecule has 0 radical (unpaired) electrons. The number of amides is 1.